The molecule has 94 valence electrons. The minimum Gasteiger partial charge on any atom is -0.398 e. The van der Waals surface area contributed by atoms with Crippen LogP contribution in [0.4, 0.5) is 11.4 Å². The maximum absolute atomic E-state index is 6.07. The maximum Gasteiger partial charge on any atom is 0.0656 e. The molecule has 1 aliphatic heterocycles. The van der Waals surface area contributed by atoms with Gasteiger partial charge in [0.05, 0.1) is 10.7 Å². The molecule has 0 saturated carbocycles. The van der Waals surface area contributed by atoms with Gasteiger partial charge < -0.3 is 10.6 Å². The zero-order chi connectivity index (χ0) is 12.6. The third-order valence-corrected chi connectivity index (χ3v) is 4.04. The van der Waals surface area contributed by atoms with Gasteiger partial charge in [0.1, 0.15) is 0 Å². The van der Waals surface area contributed by atoms with E-state index < -0.39 is 0 Å². The molecule has 1 heterocycles. The minimum atomic E-state index is 0.551. The number of likely N-dealkylation sites (N-methyl/N-ethyl adjacent to an activating group) is 1. The van der Waals surface area contributed by atoms with Gasteiger partial charge >= 0.3 is 0 Å². The molecule has 17 heavy (non-hydrogen) atoms. The molecule has 2 rings (SSSR count). The summed E-state index contributed by atoms with van der Waals surface area (Å²) in [6, 6.07) is 6.99. The fourth-order valence-corrected chi connectivity index (χ4v) is 2.50. The average molecular weight is 254 g/mol. The summed E-state index contributed by atoms with van der Waals surface area (Å²) in [5, 5.41) is 0.640. The van der Waals surface area contributed by atoms with Crippen molar-refractivity contribution in [2.75, 3.05) is 30.8 Å². The van der Waals surface area contributed by atoms with Crippen LogP contribution in [0.15, 0.2) is 18.2 Å². The normalized spacial score (nSPS) is 26.2. The highest BCUT2D eigenvalue weighted by atomic mass is 35.5. The van der Waals surface area contributed by atoms with Crippen LogP contribution >= 0.6 is 11.6 Å². The van der Waals surface area contributed by atoms with Crippen LogP contribution in [0.25, 0.3) is 0 Å². The van der Waals surface area contributed by atoms with E-state index in [2.05, 4.69) is 30.7 Å². The molecule has 2 atom stereocenters. The van der Waals surface area contributed by atoms with Crippen molar-refractivity contribution in [1.29, 1.82) is 0 Å². The predicted molar refractivity (Wildman–Crippen MR) is 74.8 cm³/mol. The van der Waals surface area contributed by atoms with Crippen molar-refractivity contribution < 1.29 is 0 Å². The molecule has 0 aromatic heterocycles. The molecule has 4 heteroatoms. The van der Waals surface area contributed by atoms with Gasteiger partial charge in [0, 0.05) is 30.9 Å². The Hall–Kier alpha value is -0.930. The van der Waals surface area contributed by atoms with Crippen molar-refractivity contribution in [1.82, 2.24) is 4.90 Å². The van der Waals surface area contributed by atoms with E-state index in [0.29, 0.717) is 22.8 Å². The zero-order valence-electron chi connectivity index (χ0n) is 10.7. The van der Waals surface area contributed by atoms with Crippen LogP contribution in [-0.4, -0.2) is 37.1 Å². The van der Waals surface area contributed by atoms with E-state index in [4.69, 9.17) is 17.3 Å². The Morgan fingerprint density at radius 2 is 1.82 bits per heavy atom. The molecule has 0 amide bonds. The molecule has 3 nitrogen and oxygen atoms in total. The van der Waals surface area contributed by atoms with Crippen molar-refractivity contribution in [3.63, 3.8) is 0 Å². The van der Waals surface area contributed by atoms with E-state index in [9.17, 15) is 0 Å². The van der Waals surface area contributed by atoms with Gasteiger partial charge in [-0.2, -0.15) is 0 Å². The lowest BCUT2D eigenvalue weighted by Gasteiger charge is -2.43. The Morgan fingerprint density at radius 1 is 1.24 bits per heavy atom. The quantitative estimate of drug-likeness (QED) is 0.781. The van der Waals surface area contributed by atoms with Crippen LogP contribution in [0.5, 0.6) is 0 Å². The number of nitrogens with two attached hydrogens (primary N) is 1. The van der Waals surface area contributed by atoms with Gasteiger partial charge in [-0.1, -0.05) is 11.6 Å². The first-order valence-corrected chi connectivity index (χ1v) is 6.38. The van der Waals surface area contributed by atoms with Crippen molar-refractivity contribution in [2.45, 2.75) is 25.9 Å². The molecule has 0 spiro atoms. The number of piperazine rings is 1. The standard InChI is InChI=1S/C13H20ClN3/c1-9-7-17(8-10(2)16(9)3)11-4-5-13(15)12(14)6-11/h4-6,9-10H,7-8,15H2,1-3H3/t9-,10+. The maximum atomic E-state index is 6.07. The molecule has 1 aromatic carbocycles. The molecule has 2 N–H and O–H groups in total. The van der Waals surface area contributed by atoms with Gasteiger partial charge in [0.2, 0.25) is 0 Å². The van der Waals surface area contributed by atoms with Gasteiger partial charge in [-0.05, 0) is 39.1 Å². The number of hydrogen-bond donors (Lipinski definition) is 1. The van der Waals surface area contributed by atoms with Crippen LogP contribution in [0.2, 0.25) is 5.02 Å². The molecule has 1 saturated heterocycles. The molecule has 0 unspecified atom stereocenters. The summed E-state index contributed by atoms with van der Waals surface area (Å²) in [6.45, 7) is 6.56. The van der Waals surface area contributed by atoms with Gasteiger partial charge in [-0.3, -0.25) is 4.90 Å². The summed E-state index contributed by atoms with van der Waals surface area (Å²) in [5.41, 5.74) is 7.54. The second kappa shape index (κ2) is 4.75. The van der Waals surface area contributed by atoms with Crippen LogP contribution in [0.1, 0.15) is 13.8 Å². The Labute approximate surface area is 108 Å². The summed E-state index contributed by atoms with van der Waals surface area (Å²) in [5.74, 6) is 0. The number of benzene rings is 1. The Bertz CT molecular complexity index is 396. The van der Waals surface area contributed by atoms with Crippen molar-refractivity contribution in [3.05, 3.63) is 23.2 Å². The fourth-order valence-electron chi connectivity index (χ4n) is 2.33. The van der Waals surface area contributed by atoms with Crippen LogP contribution in [-0.2, 0) is 0 Å². The van der Waals surface area contributed by atoms with Crippen LogP contribution < -0.4 is 10.6 Å². The number of nitrogen functional groups attached to an aromatic ring is 1. The smallest absolute Gasteiger partial charge is 0.0656 e. The Kier molecular flexibility index (Phi) is 3.50. The van der Waals surface area contributed by atoms with E-state index in [-0.39, 0.29) is 0 Å². The molecular weight excluding hydrogens is 234 g/mol. The van der Waals surface area contributed by atoms with Crippen molar-refractivity contribution >= 4 is 23.0 Å². The number of hydrogen-bond acceptors (Lipinski definition) is 3. The minimum absolute atomic E-state index is 0.551. The molecule has 0 bridgehead atoms. The van der Waals surface area contributed by atoms with Crippen molar-refractivity contribution in [2.24, 2.45) is 0 Å². The van der Waals surface area contributed by atoms with E-state index in [1.165, 1.54) is 0 Å². The lowest BCUT2D eigenvalue weighted by molar-refractivity contribution is 0.170. The SMILES string of the molecule is C[C@@H]1CN(c2ccc(N)c(Cl)c2)C[C@H](C)N1C. The highest BCUT2D eigenvalue weighted by Crippen LogP contribution is 2.27. The number of halogens is 1. The van der Waals surface area contributed by atoms with Crippen LogP contribution in [0, 0.1) is 0 Å². The highest BCUT2D eigenvalue weighted by Gasteiger charge is 2.26. The Morgan fingerprint density at radius 3 is 2.35 bits per heavy atom. The molecular formula is C13H20ClN3. The van der Waals surface area contributed by atoms with Gasteiger partial charge in [-0.15, -0.1) is 0 Å². The third kappa shape index (κ3) is 2.50. The van der Waals surface area contributed by atoms with Gasteiger partial charge in [-0.25, -0.2) is 0 Å². The molecule has 1 aliphatic rings. The van der Waals surface area contributed by atoms with E-state index in [0.717, 1.165) is 18.8 Å². The number of rotatable bonds is 1. The first kappa shape index (κ1) is 12.5. The first-order valence-electron chi connectivity index (χ1n) is 6.01. The molecule has 1 fully saturated rings. The van der Waals surface area contributed by atoms with E-state index >= 15 is 0 Å². The fraction of sp³-hybridized carbons (Fsp3) is 0.538. The van der Waals surface area contributed by atoms with Gasteiger partial charge in [0.15, 0.2) is 0 Å². The molecule has 0 aliphatic carbocycles. The van der Waals surface area contributed by atoms with Gasteiger partial charge in [0.25, 0.3) is 0 Å². The average Bonchev–Trinajstić information content (AvgIpc) is 2.29. The lowest BCUT2D eigenvalue weighted by atomic mass is 10.1. The Balaban J connectivity index is 2.20. The summed E-state index contributed by atoms with van der Waals surface area (Å²) >= 11 is 6.07. The van der Waals surface area contributed by atoms with Crippen LogP contribution in [0.3, 0.4) is 0 Å². The summed E-state index contributed by atoms with van der Waals surface area (Å²) in [6.07, 6.45) is 0. The lowest BCUT2D eigenvalue weighted by Crippen LogP contribution is -2.55. The summed E-state index contributed by atoms with van der Waals surface area (Å²) < 4.78 is 0. The third-order valence-electron chi connectivity index (χ3n) is 3.71. The second-order valence-electron chi connectivity index (χ2n) is 4.97. The highest BCUT2D eigenvalue weighted by molar-refractivity contribution is 6.33. The summed E-state index contributed by atoms with van der Waals surface area (Å²) in [7, 11) is 2.18. The first-order chi connectivity index (χ1) is 7.99. The predicted octanol–water partition coefficient (Wildman–Crippen LogP) is 2.45. The van der Waals surface area contributed by atoms with E-state index in [1.807, 2.05) is 18.2 Å². The largest absolute Gasteiger partial charge is 0.398 e. The second-order valence-corrected chi connectivity index (χ2v) is 5.38. The zero-order valence-corrected chi connectivity index (χ0v) is 11.4. The molecule has 1 aromatic rings. The monoisotopic (exact) mass is 253 g/mol. The summed E-state index contributed by atoms with van der Waals surface area (Å²) in [4.78, 5) is 4.79. The van der Waals surface area contributed by atoms with E-state index in [1.54, 1.807) is 0 Å². The molecule has 0 radical (unpaired) electrons. The topological polar surface area (TPSA) is 32.5 Å². The number of anilines is 2. The van der Waals surface area contributed by atoms with Crippen molar-refractivity contribution in [3.8, 4) is 0 Å². The number of nitrogens with zero attached hydrogens (tertiary/aromatic N) is 2.